The van der Waals surface area contributed by atoms with E-state index in [0.717, 1.165) is 6.26 Å². The Labute approximate surface area is 92.6 Å². The first-order valence-electron chi connectivity index (χ1n) is 4.32. The molecule has 4 N–H and O–H groups in total. The SMILES string of the molecule is CS(=O)(=O)CCNC(=O)NC[C@H](O)C(=O)O. The summed E-state index contributed by atoms with van der Waals surface area (Å²) >= 11 is 0. The second kappa shape index (κ2) is 6.28. The predicted molar refractivity (Wildman–Crippen MR) is 54.8 cm³/mol. The average Bonchev–Trinajstić information content (AvgIpc) is 2.11. The number of aliphatic hydroxyl groups excluding tert-OH is 1. The summed E-state index contributed by atoms with van der Waals surface area (Å²) in [5.74, 6) is -1.65. The molecule has 0 saturated carbocycles. The van der Waals surface area contributed by atoms with Crippen LogP contribution in [0.4, 0.5) is 4.79 Å². The molecule has 0 aliphatic rings. The van der Waals surface area contributed by atoms with Gasteiger partial charge in [-0.1, -0.05) is 0 Å². The van der Waals surface area contributed by atoms with Crippen molar-refractivity contribution in [2.45, 2.75) is 6.10 Å². The quantitative estimate of drug-likeness (QED) is 0.424. The number of hydrogen-bond acceptors (Lipinski definition) is 5. The number of sulfone groups is 1. The summed E-state index contributed by atoms with van der Waals surface area (Å²) in [5.41, 5.74) is 0. The van der Waals surface area contributed by atoms with E-state index in [1.165, 1.54) is 0 Å². The van der Waals surface area contributed by atoms with Gasteiger partial charge < -0.3 is 20.8 Å². The van der Waals surface area contributed by atoms with Crippen LogP contribution in [0, 0.1) is 0 Å². The first kappa shape index (κ1) is 14.6. The van der Waals surface area contributed by atoms with Gasteiger partial charge in [-0.3, -0.25) is 0 Å². The second-order valence-corrected chi connectivity index (χ2v) is 5.38. The maximum atomic E-state index is 10.9. The van der Waals surface area contributed by atoms with E-state index in [2.05, 4.69) is 10.6 Å². The van der Waals surface area contributed by atoms with Crippen LogP contribution in [0.5, 0.6) is 0 Å². The highest BCUT2D eigenvalue weighted by Crippen LogP contribution is 1.81. The van der Waals surface area contributed by atoms with Crippen LogP contribution in [0.15, 0.2) is 0 Å². The molecule has 0 unspecified atom stereocenters. The zero-order valence-corrected chi connectivity index (χ0v) is 9.45. The smallest absolute Gasteiger partial charge is 0.334 e. The van der Waals surface area contributed by atoms with Gasteiger partial charge in [-0.05, 0) is 0 Å². The van der Waals surface area contributed by atoms with Crippen LogP contribution in [0.2, 0.25) is 0 Å². The number of carboxylic acid groups (broad SMARTS) is 1. The first-order valence-corrected chi connectivity index (χ1v) is 6.38. The van der Waals surface area contributed by atoms with E-state index in [1.54, 1.807) is 0 Å². The van der Waals surface area contributed by atoms with Crippen LogP contribution in [-0.4, -0.2) is 61.8 Å². The van der Waals surface area contributed by atoms with Gasteiger partial charge in [-0.15, -0.1) is 0 Å². The summed E-state index contributed by atoms with van der Waals surface area (Å²) < 4.78 is 21.4. The van der Waals surface area contributed by atoms with E-state index in [4.69, 9.17) is 10.2 Å². The Bertz CT molecular complexity index is 352. The highest BCUT2D eigenvalue weighted by atomic mass is 32.2. The van der Waals surface area contributed by atoms with E-state index >= 15 is 0 Å². The fraction of sp³-hybridized carbons (Fsp3) is 0.714. The fourth-order valence-corrected chi connectivity index (χ4v) is 1.16. The van der Waals surface area contributed by atoms with E-state index < -0.39 is 34.5 Å². The molecule has 8 nitrogen and oxygen atoms in total. The minimum atomic E-state index is -3.15. The largest absolute Gasteiger partial charge is 0.479 e. The highest BCUT2D eigenvalue weighted by Gasteiger charge is 2.13. The lowest BCUT2D eigenvalue weighted by Crippen LogP contribution is -2.43. The fourth-order valence-electron chi connectivity index (χ4n) is 0.689. The lowest BCUT2D eigenvalue weighted by Gasteiger charge is -2.08. The standard InChI is InChI=1S/C7H14N2O6S/c1-16(14,15)3-2-8-7(13)9-4-5(10)6(11)12/h5,10H,2-4H2,1H3,(H,11,12)(H2,8,9,13)/t5-/m0/s1. The van der Waals surface area contributed by atoms with Crippen molar-refractivity contribution in [2.75, 3.05) is 25.1 Å². The van der Waals surface area contributed by atoms with Crippen LogP contribution in [0.1, 0.15) is 0 Å². The van der Waals surface area contributed by atoms with Crippen LogP contribution in [0.3, 0.4) is 0 Å². The number of hydrogen-bond donors (Lipinski definition) is 4. The normalized spacial score (nSPS) is 12.9. The molecule has 0 rings (SSSR count). The molecule has 0 spiro atoms. The van der Waals surface area contributed by atoms with E-state index in [1.807, 2.05) is 0 Å². The molecule has 0 aromatic rings. The summed E-state index contributed by atoms with van der Waals surface area (Å²) in [5, 5.41) is 21.3. The molecule has 0 radical (unpaired) electrons. The third-order valence-electron chi connectivity index (χ3n) is 1.50. The predicted octanol–water partition coefficient (Wildman–Crippen LogP) is -2.22. The monoisotopic (exact) mass is 254 g/mol. The zero-order chi connectivity index (χ0) is 12.8. The van der Waals surface area contributed by atoms with Gasteiger partial charge in [0, 0.05) is 12.8 Å². The Balaban J connectivity index is 3.72. The maximum Gasteiger partial charge on any atom is 0.334 e. The van der Waals surface area contributed by atoms with Crippen LogP contribution < -0.4 is 10.6 Å². The van der Waals surface area contributed by atoms with E-state index in [0.29, 0.717) is 0 Å². The molecule has 0 saturated heterocycles. The van der Waals surface area contributed by atoms with Crippen molar-refractivity contribution >= 4 is 21.8 Å². The Morgan fingerprint density at radius 3 is 2.31 bits per heavy atom. The Kier molecular flexibility index (Phi) is 5.75. The lowest BCUT2D eigenvalue weighted by molar-refractivity contribution is -0.146. The van der Waals surface area contributed by atoms with Crippen molar-refractivity contribution in [3.63, 3.8) is 0 Å². The van der Waals surface area contributed by atoms with Gasteiger partial charge in [0.05, 0.1) is 12.3 Å². The Morgan fingerprint density at radius 1 is 1.31 bits per heavy atom. The molecule has 0 bridgehead atoms. The van der Waals surface area contributed by atoms with Crippen molar-refractivity contribution in [1.29, 1.82) is 0 Å². The van der Waals surface area contributed by atoms with E-state index in [9.17, 15) is 18.0 Å². The van der Waals surface area contributed by atoms with Gasteiger partial charge in [0.15, 0.2) is 6.10 Å². The van der Waals surface area contributed by atoms with Crippen molar-refractivity contribution in [3.8, 4) is 0 Å². The van der Waals surface area contributed by atoms with Crippen LogP contribution in [-0.2, 0) is 14.6 Å². The molecule has 0 aromatic heterocycles. The minimum Gasteiger partial charge on any atom is -0.479 e. The number of amides is 2. The van der Waals surface area contributed by atoms with Crippen LogP contribution in [0.25, 0.3) is 0 Å². The first-order chi connectivity index (χ1) is 7.22. The van der Waals surface area contributed by atoms with Gasteiger partial charge in [-0.2, -0.15) is 0 Å². The third kappa shape index (κ3) is 8.00. The van der Waals surface area contributed by atoms with E-state index in [-0.39, 0.29) is 12.3 Å². The summed E-state index contributed by atoms with van der Waals surface area (Å²) in [6, 6.07) is -0.732. The third-order valence-corrected chi connectivity index (χ3v) is 2.45. The molecule has 0 aliphatic heterocycles. The molecule has 0 heterocycles. The van der Waals surface area contributed by atoms with Crippen molar-refractivity contribution < 1.29 is 28.2 Å². The van der Waals surface area contributed by atoms with Gasteiger partial charge in [0.2, 0.25) is 0 Å². The molecule has 0 fully saturated rings. The van der Waals surface area contributed by atoms with Gasteiger partial charge >= 0.3 is 12.0 Å². The highest BCUT2D eigenvalue weighted by molar-refractivity contribution is 7.90. The number of carbonyl (C=O) groups is 2. The molecule has 0 aromatic carbocycles. The molecule has 1 atom stereocenters. The van der Waals surface area contributed by atoms with Gasteiger partial charge in [0.1, 0.15) is 9.84 Å². The molecule has 94 valence electrons. The number of aliphatic hydroxyl groups is 1. The van der Waals surface area contributed by atoms with Crippen LogP contribution >= 0.6 is 0 Å². The average molecular weight is 254 g/mol. The number of nitrogens with one attached hydrogen (secondary N) is 2. The van der Waals surface area contributed by atoms with Crippen molar-refractivity contribution in [2.24, 2.45) is 0 Å². The molecular weight excluding hydrogens is 240 g/mol. The molecule has 0 aliphatic carbocycles. The van der Waals surface area contributed by atoms with Crippen molar-refractivity contribution in [3.05, 3.63) is 0 Å². The summed E-state index contributed by atoms with van der Waals surface area (Å²) in [4.78, 5) is 21.1. The summed E-state index contributed by atoms with van der Waals surface area (Å²) in [6.45, 7) is -0.520. The molecule has 16 heavy (non-hydrogen) atoms. The second-order valence-electron chi connectivity index (χ2n) is 3.12. The number of carbonyl (C=O) groups excluding carboxylic acids is 1. The molecular formula is C7H14N2O6S. The lowest BCUT2D eigenvalue weighted by atomic mass is 10.4. The number of rotatable bonds is 6. The summed E-state index contributed by atoms with van der Waals surface area (Å²) in [7, 11) is -3.15. The minimum absolute atomic E-state index is 0.0756. The Hall–Kier alpha value is -1.35. The number of carboxylic acids is 1. The maximum absolute atomic E-state index is 10.9. The topological polar surface area (TPSA) is 133 Å². The molecule has 9 heteroatoms. The number of aliphatic carboxylic acids is 1. The van der Waals surface area contributed by atoms with Crippen molar-refractivity contribution in [1.82, 2.24) is 10.6 Å². The Morgan fingerprint density at radius 2 is 1.88 bits per heavy atom. The number of urea groups is 1. The molecule has 2 amide bonds. The summed E-state index contributed by atoms with van der Waals surface area (Å²) in [6.07, 6.45) is -0.651. The van der Waals surface area contributed by atoms with Gasteiger partial charge in [0.25, 0.3) is 0 Å². The van der Waals surface area contributed by atoms with Gasteiger partial charge in [-0.25, -0.2) is 18.0 Å². The zero-order valence-electron chi connectivity index (χ0n) is 8.63.